The minimum Gasteiger partial charge on any atom is -0.277 e. The second kappa shape index (κ2) is 9.30. The van der Waals surface area contributed by atoms with Gasteiger partial charge in [0, 0.05) is 13.1 Å². The molecule has 0 aromatic heterocycles. The maximum atomic E-state index is 2.63. The Hall–Kier alpha value is -3.20. The summed E-state index contributed by atoms with van der Waals surface area (Å²) in [6, 6.07) is 44.3. The molecular weight excluding hydrogens is 376 g/mol. The van der Waals surface area contributed by atoms with Crippen molar-refractivity contribution in [2.24, 2.45) is 0 Å². The van der Waals surface area contributed by atoms with Gasteiger partial charge in [-0.3, -0.25) is 9.80 Å². The van der Waals surface area contributed by atoms with Crippen molar-refractivity contribution in [2.45, 2.75) is 25.2 Å². The van der Waals surface area contributed by atoms with Gasteiger partial charge in [0.15, 0.2) is 0 Å². The van der Waals surface area contributed by atoms with Crippen molar-refractivity contribution in [1.82, 2.24) is 9.80 Å². The molecule has 0 spiro atoms. The third kappa shape index (κ3) is 4.46. The zero-order valence-electron chi connectivity index (χ0n) is 17.7. The summed E-state index contributed by atoms with van der Waals surface area (Å²) in [6.07, 6.45) is 0. The van der Waals surface area contributed by atoms with Gasteiger partial charge in [-0.05, 0) is 22.3 Å². The van der Waals surface area contributed by atoms with Gasteiger partial charge in [0.05, 0.1) is 18.8 Å². The van der Waals surface area contributed by atoms with Gasteiger partial charge < -0.3 is 0 Å². The minimum atomic E-state index is 0.299. The van der Waals surface area contributed by atoms with Gasteiger partial charge >= 0.3 is 0 Å². The molecule has 5 rings (SSSR count). The van der Waals surface area contributed by atoms with E-state index in [-0.39, 0.29) is 0 Å². The average molecular weight is 405 g/mol. The van der Waals surface area contributed by atoms with E-state index in [0.29, 0.717) is 12.1 Å². The number of hydrogen-bond acceptors (Lipinski definition) is 2. The first-order valence-electron chi connectivity index (χ1n) is 11.0. The van der Waals surface area contributed by atoms with E-state index < -0.39 is 0 Å². The fraction of sp³-hybridized carbons (Fsp3) is 0.172. The Morgan fingerprint density at radius 1 is 0.452 bits per heavy atom. The Kier molecular flexibility index (Phi) is 5.92. The maximum Gasteiger partial charge on any atom is 0.0561 e. The highest BCUT2D eigenvalue weighted by atomic mass is 15.4. The first kappa shape index (κ1) is 19.7. The molecule has 1 aliphatic heterocycles. The molecule has 1 heterocycles. The fourth-order valence-corrected chi connectivity index (χ4v) is 4.83. The smallest absolute Gasteiger partial charge is 0.0561 e. The predicted molar refractivity (Wildman–Crippen MR) is 127 cm³/mol. The molecule has 0 N–H and O–H groups in total. The zero-order chi connectivity index (χ0) is 20.9. The Labute approximate surface area is 185 Å². The molecule has 1 aliphatic rings. The lowest BCUT2D eigenvalue weighted by atomic mass is 9.92. The zero-order valence-corrected chi connectivity index (χ0v) is 17.7. The summed E-state index contributed by atoms with van der Waals surface area (Å²) in [6.45, 7) is 2.81. The van der Waals surface area contributed by atoms with E-state index in [0.717, 1.165) is 19.8 Å². The van der Waals surface area contributed by atoms with Crippen LogP contribution in [0.25, 0.3) is 0 Å². The third-order valence-corrected chi connectivity index (χ3v) is 6.19. The lowest BCUT2D eigenvalue weighted by Crippen LogP contribution is -2.26. The number of nitrogens with zero attached hydrogens (tertiary/aromatic N) is 2. The minimum absolute atomic E-state index is 0.299. The molecule has 154 valence electrons. The molecule has 0 bridgehead atoms. The van der Waals surface area contributed by atoms with Crippen LogP contribution < -0.4 is 0 Å². The Morgan fingerprint density at radius 2 is 0.774 bits per heavy atom. The molecule has 31 heavy (non-hydrogen) atoms. The van der Waals surface area contributed by atoms with Crippen LogP contribution >= 0.6 is 0 Å². The van der Waals surface area contributed by atoms with Crippen LogP contribution in [0.1, 0.15) is 34.3 Å². The van der Waals surface area contributed by atoms with Crippen LogP contribution in [0, 0.1) is 0 Å². The van der Waals surface area contributed by atoms with E-state index in [1.165, 1.54) is 22.3 Å². The largest absolute Gasteiger partial charge is 0.277 e. The van der Waals surface area contributed by atoms with Crippen molar-refractivity contribution in [3.63, 3.8) is 0 Å². The quantitative estimate of drug-likeness (QED) is 0.365. The summed E-state index contributed by atoms with van der Waals surface area (Å²) in [5, 5.41) is 0. The monoisotopic (exact) mass is 404 g/mol. The number of rotatable bonds is 6. The van der Waals surface area contributed by atoms with Gasteiger partial charge in [-0.15, -0.1) is 0 Å². The molecule has 2 nitrogen and oxygen atoms in total. The van der Waals surface area contributed by atoms with Crippen LogP contribution in [-0.2, 0) is 13.1 Å². The van der Waals surface area contributed by atoms with Crippen LogP contribution in [-0.4, -0.2) is 16.5 Å². The topological polar surface area (TPSA) is 6.48 Å². The highest BCUT2D eigenvalue weighted by molar-refractivity contribution is 5.31. The number of benzene rings is 4. The van der Waals surface area contributed by atoms with Gasteiger partial charge in [-0.25, -0.2) is 0 Å². The molecule has 2 unspecified atom stereocenters. The van der Waals surface area contributed by atoms with Gasteiger partial charge in [-0.1, -0.05) is 121 Å². The molecule has 4 aromatic carbocycles. The molecule has 0 aliphatic carbocycles. The van der Waals surface area contributed by atoms with Crippen LogP contribution in [0.3, 0.4) is 0 Å². The van der Waals surface area contributed by atoms with Crippen LogP contribution in [0.15, 0.2) is 121 Å². The van der Waals surface area contributed by atoms with Gasteiger partial charge in [0.2, 0.25) is 0 Å². The molecule has 1 fully saturated rings. The molecule has 0 amide bonds. The van der Waals surface area contributed by atoms with E-state index in [9.17, 15) is 0 Å². The SMILES string of the molecule is c1ccc(CN2CN(Cc3ccccc3)C(c3ccccc3)C2c2ccccc2)cc1. The molecule has 0 saturated carbocycles. The molecule has 1 saturated heterocycles. The van der Waals surface area contributed by atoms with Crippen molar-refractivity contribution < 1.29 is 0 Å². The Bertz CT molecular complexity index is 976. The lowest BCUT2D eigenvalue weighted by molar-refractivity contribution is 0.206. The summed E-state index contributed by atoms with van der Waals surface area (Å²) in [5.41, 5.74) is 5.47. The number of hydrogen-bond donors (Lipinski definition) is 0. The van der Waals surface area contributed by atoms with Crippen molar-refractivity contribution in [3.05, 3.63) is 144 Å². The second-order valence-corrected chi connectivity index (χ2v) is 8.32. The van der Waals surface area contributed by atoms with Crippen LogP contribution in [0.2, 0.25) is 0 Å². The maximum absolute atomic E-state index is 2.63. The summed E-state index contributed by atoms with van der Waals surface area (Å²) >= 11 is 0. The highest BCUT2D eigenvalue weighted by Gasteiger charge is 2.41. The standard InChI is InChI=1S/C29H28N2/c1-5-13-24(14-6-1)21-30-23-31(22-25-15-7-2-8-16-25)29(27-19-11-4-12-20-27)28(30)26-17-9-3-10-18-26/h1-20,28-29H,21-23H2. The highest BCUT2D eigenvalue weighted by Crippen LogP contribution is 2.45. The summed E-state index contributed by atoms with van der Waals surface area (Å²) in [7, 11) is 0. The van der Waals surface area contributed by atoms with Crippen molar-refractivity contribution >= 4 is 0 Å². The third-order valence-electron chi connectivity index (χ3n) is 6.19. The van der Waals surface area contributed by atoms with Crippen molar-refractivity contribution in [3.8, 4) is 0 Å². The fourth-order valence-electron chi connectivity index (χ4n) is 4.83. The molecule has 4 aromatic rings. The predicted octanol–water partition coefficient (Wildman–Crippen LogP) is 6.44. The van der Waals surface area contributed by atoms with E-state index in [2.05, 4.69) is 131 Å². The van der Waals surface area contributed by atoms with Crippen LogP contribution in [0.4, 0.5) is 0 Å². The molecular formula is C29H28N2. The van der Waals surface area contributed by atoms with E-state index >= 15 is 0 Å². The van der Waals surface area contributed by atoms with E-state index in [1.54, 1.807) is 0 Å². The Balaban J connectivity index is 1.55. The van der Waals surface area contributed by atoms with E-state index in [1.807, 2.05) is 0 Å². The first-order chi connectivity index (χ1) is 15.4. The summed E-state index contributed by atoms with van der Waals surface area (Å²) in [5.74, 6) is 0. The molecule has 2 atom stereocenters. The van der Waals surface area contributed by atoms with Crippen LogP contribution in [0.5, 0.6) is 0 Å². The molecule has 2 heteroatoms. The first-order valence-corrected chi connectivity index (χ1v) is 11.0. The second-order valence-electron chi connectivity index (χ2n) is 8.32. The molecule has 0 radical (unpaired) electrons. The van der Waals surface area contributed by atoms with Crippen molar-refractivity contribution in [2.75, 3.05) is 6.67 Å². The van der Waals surface area contributed by atoms with E-state index in [4.69, 9.17) is 0 Å². The van der Waals surface area contributed by atoms with Crippen molar-refractivity contribution in [1.29, 1.82) is 0 Å². The average Bonchev–Trinajstić information content (AvgIpc) is 3.19. The van der Waals surface area contributed by atoms with Gasteiger partial charge in [0.1, 0.15) is 0 Å². The summed E-state index contributed by atoms with van der Waals surface area (Å²) < 4.78 is 0. The normalized spacial score (nSPS) is 19.5. The van der Waals surface area contributed by atoms with Gasteiger partial charge in [-0.2, -0.15) is 0 Å². The lowest BCUT2D eigenvalue weighted by Gasteiger charge is -2.30. The summed E-state index contributed by atoms with van der Waals surface area (Å²) in [4.78, 5) is 5.26. The Morgan fingerprint density at radius 3 is 1.13 bits per heavy atom. The van der Waals surface area contributed by atoms with Gasteiger partial charge in [0.25, 0.3) is 0 Å².